The molecule has 0 aromatic carbocycles. The highest BCUT2D eigenvalue weighted by Crippen LogP contribution is 2.24. The molecule has 1 atom stereocenters. The van der Waals surface area contributed by atoms with Crippen LogP contribution in [0.25, 0.3) is 0 Å². The van der Waals surface area contributed by atoms with Gasteiger partial charge >= 0.3 is 0 Å². The Hall–Kier alpha value is -2.49. The molecular formula is C17H16FN5OS2. The molecule has 0 aliphatic heterocycles. The zero-order valence-corrected chi connectivity index (χ0v) is 15.5. The minimum atomic E-state index is -0.581. The monoisotopic (exact) mass is 389 g/mol. The van der Waals surface area contributed by atoms with Gasteiger partial charge < -0.3 is 11.1 Å². The Kier molecular flexibility index (Phi) is 5.82. The van der Waals surface area contributed by atoms with Crippen molar-refractivity contribution in [2.75, 3.05) is 12.4 Å². The third-order valence-corrected chi connectivity index (χ3v) is 5.63. The Morgan fingerprint density at radius 2 is 2.15 bits per heavy atom. The molecule has 1 amide bonds. The second kappa shape index (κ2) is 8.26. The Balaban J connectivity index is 1.71. The number of aromatic nitrogens is 2. The van der Waals surface area contributed by atoms with Crippen LogP contribution in [0.5, 0.6) is 0 Å². The van der Waals surface area contributed by atoms with Crippen LogP contribution in [0, 0.1) is 5.82 Å². The highest BCUT2D eigenvalue weighted by atomic mass is 32.1. The van der Waals surface area contributed by atoms with E-state index in [4.69, 9.17) is 5.73 Å². The van der Waals surface area contributed by atoms with E-state index in [0.29, 0.717) is 11.3 Å². The van der Waals surface area contributed by atoms with Crippen molar-refractivity contribution in [1.29, 1.82) is 0 Å². The number of carbonyl (C=O) groups is 1. The van der Waals surface area contributed by atoms with Gasteiger partial charge in [-0.15, -0.1) is 22.7 Å². The number of amides is 1. The normalized spacial score (nSPS) is 12.8. The quantitative estimate of drug-likeness (QED) is 0.631. The second-order valence-corrected chi connectivity index (χ2v) is 7.33. The molecule has 26 heavy (non-hydrogen) atoms. The molecule has 0 bridgehead atoms. The van der Waals surface area contributed by atoms with E-state index in [9.17, 15) is 9.18 Å². The van der Waals surface area contributed by atoms with Crippen LogP contribution in [0.4, 0.5) is 10.1 Å². The zero-order chi connectivity index (χ0) is 18.5. The van der Waals surface area contributed by atoms with E-state index in [1.54, 1.807) is 19.3 Å². The number of thiazole rings is 1. The molecule has 0 saturated carbocycles. The lowest BCUT2D eigenvalue weighted by Crippen LogP contribution is -2.15. The average molecular weight is 389 g/mol. The first-order valence-corrected chi connectivity index (χ1v) is 9.39. The van der Waals surface area contributed by atoms with Crippen LogP contribution in [0.15, 0.2) is 47.2 Å². The summed E-state index contributed by atoms with van der Waals surface area (Å²) in [5.41, 5.74) is 7.07. The van der Waals surface area contributed by atoms with Crippen LogP contribution in [-0.2, 0) is 0 Å². The Bertz CT molecular complexity index is 923. The van der Waals surface area contributed by atoms with E-state index in [1.807, 2.05) is 11.4 Å². The number of halogens is 1. The summed E-state index contributed by atoms with van der Waals surface area (Å²) >= 11 is 2.78. The number of thiophene rings is 1. The number of carbonyl (C=O) groups excluding carboxylic acids is 1. The van der Waals surface area contributed by atoms with Crippen LogP contribution >= 0.6 is 22.7 Å². The Morgan fingerprint density at radius 3 is 2.85 bits per heavy atom. The van der Waals surface area contributed by atoms with Crippen LogP contribution in [0.1, 0.15) is 32.0 Å². The van der Waals surface area contributed by atoms with Gasteiger partial charge in [0.15, 0.2) is 5.82 Å². The molecule has 3 heterocycles. The van der Waals surface area contributed by atoms with Crippen molar-refractivity contribution in [1.82, 2.24) is 9.97 Å². The first-order valence-electron chi connectivity index (χ1n) is 7.70. The van der Waals surface area contributed by atoms with Gasteiger partial charge in [0.25, 0.3) is 5.91 Å². The second-order valence-electron chi connectivity index (χ2n) is 5.32. The predicted molar refractivity (Wildman–Crippen MR) is 103 cm³/mol. The Morgan fingerprint density at radius 1 is 1.35 bits per heavy atom. The first-order chi connectivity index (χ1) is 12.6. The maximum Gasteiger partial charge on any atom is 0.265 e. The van der Waals surface area contributed by atoms with Crippen LogP contribution in [0.3, 0.4) is 0 Å². The van der Waals surface area contributed by atoms with Gasteiger partial charge in [0.2, 0.25) is 0 Å². The number of anilines is 1. The molecular weight excluding hydrogens is 373 g/mol. The summed E-state index contributed by atoms with van der Waals surface area (Å²) in [6.07, 6.45) is 4.71. The molecule has 1 unspecified atom stereocenters. The molecule has 3 aromatic rings. The van der Waals surface area contributed by atoms with Gasteiger partial charge in [0, 0.05) is 36.1 Å². The zero-order valence-electron chi connectivity index (χ0n) is 13.8. The SMILES string of the molecule is CN=C(CC(N)c1nccs1)c1ccc(C(=O)Nc2ccncc2F)s1. The lowest BCUT2D eigenvalue weighted by molar-refractivity contribution is 0.103. The number of nitrogens with one attached hydrogen (secondary N) is 1. The van der Waals surface area contributed by atoms with Gasteiger partial charge in [0.05, 0.1) is 28.5 Å². The van der Waals surface area contributed by atoms with Crippen molar-refractivity contribution in [3.05, 3.63) is 62.7 Å². The molecule has 3 N–H and O–H groups in total. The molecule has 134 valence electrons. The van der Waals surface area contributed by atoms with Crippen molar-refractivity contribution >= 4 is 40.0 Å². The van der Waals surface area contributed by atoms with Gasteiger partial charge in [-0.05, 0) is 18.2 Å². The summed E-state index contributed by atoms with van der Waals surface area (Å²) in [4.78, 5) is 25.8. The van der Waals surface area contributed by atoms with E-state index < -0.39 is 5.82 Å². The van der Waals surface area contributed by atoms with Gasteiger partial charge in [-0.3, -0.25) is 14.8 Å². The molecule has 6 nitrogen and oxygen atoms in total. The molecule has 9 heteroatoms. The van der Waals surface area contributed by atoms with Crippen molar-refractivity contribution < 1.29 is 9.18 Å². The highest BCUT2D eigenvalue weighted by Gasteiger charge is 2.17. The molecule has 0 spiro atoms. The van der Waals surface area contributed by atoms with Crippen LogP contribution in [0.2, 0.25) is 0 Å². The smallest absolute Gasteiger partial charge is 0.265 e. The Labute approximate surface area is 157 Å². The number of aliphatic imine (C=N–C) groups is 1. The van der Waals surface area contributed by atoms with Gasteiger partial charge in [-0.1, -0.05) is 0 Å². The molecule has 0 aliphatic rings. The molecule has 3 aromatic heterocycles. The molecule has 3 rings (SSSR count). The fourth-order valence-electron chi connectivity index (χ4n) is 2.29. The van der Waals surface area contributed by atoms with Gasteiger partial charge in [-0.25, -0.2) is 9.37 Å². The lowest BCUT2D eigenvalue weighted by atomic mass is 10.1. The fourth-order valence-corrected chi connectivity index (χ4v) is 3.88. The van der Waals surface area contributed by atoms with Crippen LogP contribution in [-0.4, -0.2) is 28.6 Å². The number of nitrogens with two attached hydrogens (primary N) is 1. The summed E-state index contributed by atoms with van der Waals surface area (Å²) in [5, 5.41) is 5.26. The summed E-state index contributed by atoms with van der Waals surface area (Å²) in [6, 6.07) is 4.67. The van der Waals surface area contributed by atoms with Crippen molar-refractivity contribution in [3.8, 4) is 0 Å². The number of rotatable bonds is 6. The number of hydrogen-bond acceptors (Lipinski definition) is 7. The molecule has 0 fully saturated rings. The molecule has 0 aliphatic carbocycles. The predicted octanol–water partition coefficient (Wildman–Crippen LogP) is 3.50. The number of pyridine rings is 1. The van der Waals surface area contributed by atoms with Crippen molar-refractivity contribution in [2.24, 2.45) is 10.7 Å². The minimum Gasteiger partial charge on any atom is -0.322 e. The molecule has 0 radical (unpaired) electrons. The topological polar surface area (TPSA) is 93.3 Å². The van der Waals surface area contributed by atoms with Crippen molar-refractivity contribution in [3.63, 3.8) is 0 Å². The fraction of sp³-hybridized carbons (Fsp3) is 0.176. The largest absolute Gasteiger partial charge is 0.322 e. The third-order valence-electron chi connectivity index (χ3n) is 3.59. The maximum atomic E-state index is 13.6. The summed E-state index contributed by atoms with van der Waals surface area (Å²) < 4.78 is 13.6. The standard InChI is InChI=1S/C17H16FN5OS2/c1-20-13(8-11(19)17-22-6-7-25-17)14-2-3-15(26-14)16(24)23-12-4-5-21-9-10(12)18/h2-7,9,11H,8,19H2,1H3,(H,21,23,24). The first kappa shape index (κ1) is 18.3. The van der Waals surface area contributed by atoms with Crippen LogP contribution < -0.4 is 11.1 Å². The molecule has 0 saturated heterocycles. The summed E-state index contributed by atoms with van der Waals surface area (Å²) in [7, 11) is 1.69. The van der Waals surface area contributed by atoms with Gasteiger partial charge in [0.1, 0.15) is 5.01 Å². The van der Waals surface area contributed by atoms with E-state index in [0.717, 1.165) is 21.8 Å². The maximum absolute atomic E-state index is 13.6. The summed E-state index contributed by atoms with van der Waals surface area (Å²) in [5.74, 6) is -0.964. The lowest BCUT2D eigenvalue weighted by Gasteiger charge is -2.09. The summed E-state index contributed by atoms with van der Waals surface area (Å²) in [6.45, 7) is 0. The number of nitrogens with zero attached hydrogens (tertiary/aromatic N) is 3. The number of hydrogen-bond donors (Lipinski definition) is 2. The highest BCUT2D eigenvalue weighted by molar-refractivity contribution is 7.16. The third kappa shape index (κ3) is 4.18. The van der Waals surface area contributed by atoms with E-state index >= 15 is 0 Å². The average Bonchev–Trinajstić information content (AvgIpc) is 3.33. The van der Waals surface area contributed by atoms with E-state index in [2.05, 4.69) is 20.3 Å². The van der Waals surface area contributed by atoms with Gasteiger partial charge in [-0.2, -0.15) is 0 Å². The van der Waals surface area contributed by atoms with E-state index in [1.165, 1.54) is 34.9 Å². The van der Waals surface area contributed by atoms with E-state index in [-0.39, 0.29) is 17.6 Å². The minimum absolute atomic E-state index is 0.0927. The van der Waals surface area contributed by atoms with Crippen molar-refractivity contribution in [2.45, 2.75) is 12.5 Å².